The highest BCUT2D eigenvalue weighted by atomic mass is 19.1. The van der Waals surface area contributed by atoms with Crippen LogP contribution >= 0.6 is 0 Å². The molecular weight excluding hydrogens is 261 g/mol. The van der Waals surface area contributed by atoms with Crippen molar-refractivity contribution in [1.82, 2.24) is 10.6 Å². The number of nitrogen functional groups attached to an aromatic ring is 1. The molecule has 0 unspecified atom stereocenters. The first-order chi connectivity index (χ1) is 9.31. The molecule has 4 N–H and O–H groups in total. The van der Waals surface area contributed by atoms with Crippen LogP contribution < -0.4 is 16.4 Å². The summed E-state index contributed by atoms with van der Waals surface area (Å²) in [6, 6.07) is 2.49. The number of carbonyl (C=O) groups is 2. The van der Waals surface area contributed by atoms with Crippen LogP contribution in [0.15, 0.2) is 12.1 Å². The highest BCUT2D eigenvalue weighted by Crippen LogP contribution is 2.17. The molecule has 0 saturated heterocycles. The van der Waals surface area contributed by atoms with Crippen LogP contribution in [0, 0.1) is 18.7 Å². The molecule has 0 aliphatic carbocycles. The first-order valence-electron chi connectivity index (χ1n) is 6.41. The lowest BCUT2D eigenvalue weighted by molar-refractivity contribution is -0.120. The lowest BCUT2D eigenvalue weighted by atomic mass is 10.1. The van der Waals surface area contributed by atoms with E-state index in [9.17, 15) is 14.0 Å². The van der Waals surface area contributed by atoms with Crippen LogP contribution in [0.4, 0.5) is 10.1 Å². The predicted octanol–water partition coefficient (Wildman–Crippen LogP) is 1.22. The predicted molar refractivity (Wildman–Crippen MR) is 75.7 cm³/mol. The Morgan fingerprint density at radius 1 is 1.30 bits per heavy atom. The number of nitrogens with one attached hydrogen (secondary N) is 2. The standard InChI is InChI=1S/C14H20FN3O2/c1-8(2)6-17-13(19)7-18-14(20)10-4-11(15)9(3)12(16)5-10/h4-5,8H,6-7,16H2,1-3H3,(H,17,19)(H,18,20). The SMILES string of the molecule is Cc1c(N)cc(C(=O)NCC(=O)NCC(C)C)cc1F. The maximum atomic E-state index is 13.5. The molecule has 0 atom stereocenters. The summed E-state index contributed by atoms with van der Waals surface area (Å²) in [5.74, 6) is -1.03. The van der Waals surface area contributed by atoms with Gasteiger partial charge in [-0.2, -0.15) is 0 Å². The molecule has 0 radical (unpaired) electrons. The molecule has 0 saturated carbocycles. The number of rotatable bonds is 5. The fourth-order valence-corrected chi connectivity index (χ4v) is 1.47. The van der Waals surface area contributed by atoms with E-state index in [0.717, 1.165) is 6.07 Å². The number of anilines is 1. The molecule has 0 fully saturated rings. The van der Waals surface area contributed by atoms with Crippen LogP contribution in [0.5, 0.6) is 0 Å². The van der Waals surface area contributed by atoms with Crippen molar-refractivity contribution in [3.8, 4) is 0 Å². The topological polar surface area (TPSA) is 84.2 Å². The van der Waals surface area contributed by atoms with Crippen LogP contribution in [-0.2, 0) is 4.79 Å². The third-order valence-corrected chi connectivity index (χ3v) is 2.76. The molecule has 5 nitrogen and oxygen atoms in total. The zero-order valence-corrected chi connectivity index (χ0v) is 11.9. The number of hydrogen-bond donors (Lipinski definition) is 3. The van der Waals surface area contributed by atoms with E-state index in [4.69, 9.17) is 5.73 Å². The second-order valence-electron chi connectivity index (χ2n) is 5.05. The summed E-state index contributed by atoms with van der Waals surface area (Å²) >= 11 is 0. The minimum absolute atomic E-state index is 0.0993. The van der Waals surface area contributed by atoms with Gasteiger partial charge in [0.05, 0.1) is 6.54 Å². The zero-order chi connectivity index (χ0) is 15.3. The van der Waals surface area contributed by atoms with Crippen LogP contribution in [-0.4, -0.2) is 24.9 Å². The molecule has 0 bridgehead atoms. The minimum Gasteiger partial charge on any atom is -0.398 e. The summed E-state index contributed by atoms with van der Waals surface area (Å²) in [6.45, 7) is 5.86. The second-order valence-corrected chi connectivity index (χ2v) is 5.05. The Morgan fingerprint density at radius 2 is 1.95 bits per heavy atom. The summed E-state index contributed by atoms with van der Waals surface area (Å²) < 4.78 is 13.5. The van der Waals surface area contributed by atoms with E-state index in [-0.39, 0.29) is 23.7 Å². The average molecular weight is 281 g/mol. The van der Waals surface area contributed by atoms with Crippen molar-refractivity contribution in [3.63, 3.8) is 0 Å². The van der Waals surface area contributed by atoms with Gasteiger partial charge in [0.2, 0.25) is 5.91 Å². The Kier molecular flexibility index (Phi) is 5.49. The number of amides is 2. The third kappa shape index (κ3) is 4.53. The molecule has 20 heavy (non-hydrogen) atoms. The number of hydrogen-bond acceptors (Lipinski definition) is 3. The molecule has 0 spiro atoms. The van der Waals surface area contributed by atoms with Crippen molar-refractivity contribution in [3.05, 3.63) is 29.1 Å². The van der Waals surface area contributed by atoms with Gasteiger partial charge in [0.1, 0.15) is 5.82 Å². The normalized spacial score (nSPS) is 10.4. The van der Waals surface area contributed by atoms with E-state index < -0.39 is 11.7 Å². The number of nitrogens with two attached hydrogens (primary N) is 1. The lowest BCUT2D eigenvalue weighted by Gasteiger charge is -2.10. The first-order valence-corrected chi connectivity index (χ1v) is 6.41. The van der Waals surface area contributed by atoms with Crippen molar-refractivity contribution < 1.29 is 14.0 Å². The van der Waals surface area contributed by atoms with E-state index in [1.165, 1.54) is 13.0 Å². The Morgan fingerprint density at radius 3 is 2.50 bits per heavy atom. The maximum absolute atomic E-state index is 13.5. The molecule has 1 aromatic rings. The Labute approximate surface area is 117 Å². The number of carbonyl (C=O) groups excluding carboxylic acids is 2. The zero-order valence-electron chi connectivity index (χ0n) is 11.9. The van der Waals surface area contributed by atoms with Gasteiger partial charge in [-0.3, -0.25) is 9.59 Å². The lowest BCUT2D eigenvalue weighted by Crippen LogP contribution is -2.38. The van der Waals surface area contributed by atoms with E-state index in [1.807, 2.05) is 13.8 Å². The summed E-state index contributed by atoms with van der Waals surface area (Å²) in [4.78, 5) is 23.2. The largest absolute Gasteiger partial charge is 0.398 e. The molecule has 110 valence electrons. The smallest absolute Gasteiger partial charge is 0.251 e. The van der Waals surface area contributed by atoms with Crippen LogP contribution in [0.3, 0.4) is 0 Å². The minimum atomic E-state index is -0.542. The van der Waals surface area contributed by atoms with Gasteiger partial charge in [-0.15, -0.1) is 0 Å². The quantitative estimate of drug-likeness (QED) is 0.709. The fraction of sp³-hybridized carbons (Fsp3) is 0.429. The Bertz CT molecular complexity index is 492. The van der Waals surface area contributed by atoms with Crippen molar-refractivity contribution in [2.75, 3.05) is 18.8 Å². The molecule has 2 amide bonds. The van der Waals surface area contributed by atoms with Crippen LogP contribution in [0.2, 0.25) is 0 Å². The van der Waals surface area contributed by atoms with Gasteiger partial charge in [-0.1, -0.05) is 13.8 Å². The van der Waals surface area contributed by atoms with Crippen molar-refractivity contribution in [2.45, 2.75) is 20.8 Å². The molecule has 1 aromatic carbocycles. The second kappa shape index (κ2) is 6.88. The summed E-state index contributed by atoms with van der Waals surface area (Å²) in [5, 5.41) is 5.09. The summed E-state index contributed by atoms with van der Waals surface area (Å²) in [7, 11) is 0. The molecule has 0 aliphatic rings. The average Bonchev–Trinajstić information content (AvgIpc) is 2.39. The fourth-order valence-electron chi connectivity index (χ4n) is 1.47. The molecular formula is C14H20FN3O2. The highest BCUT2D eigenvalue weighted by molar-refractivity contribution is 5.97. The Balaban J connectivity index is 2.57. The molecule has 6 heteroatoms. The van der Waals surface area contributed by atoms with E-state index >= 15 is 0 Å². The van der Waals surface area contributed by atoms with Gasteiger partial charge in [0.25, 0.3) is 5.91 Å². The van der Waals surface area contributed by atoms with Crippen LogP contribution in [0.25, 0.3) is 0 Å². The third-order valence-electron chi connectivity index (χ3n) is 2.76. The van der Waals surface area contributed by atoms with Gasteiger partial charge in [-0.05, 0) is 25.0 Å². The van der Waals surface area contributed by atoms with Gasteiger partial charge < -0.3 is 16.4 Å². The summed E-state index contributed by atoms with van der Waals surface area (Å²) in [5.41, 5.74) is 6.21. The number of benzene rings is 1. The molecule has 1 rings (SSSR count). The van der Waals surface area contributed by atoms with Crippen molar-refractivity contribution >= 4 is 17.5 Å². The summed E-state index contributed by atoms with van der Waals surface area (Å²) in [6.07, 6.45) is 0. The van der Waals surface area contributed by atoms with Gasteiger partial charge >= 0.3 is 0 Å². The van der Waals surface area contributed by atoms with Crippen molar-refractivity contribution in [2.24, 2.45) is 5.92 Å². The van der Waals surface area contributed by atoms with E-state index in [0.29, 0.717) is 18.0 Å². The van der Waals surface area contributed by atoms with Crippen molar-refractivity contribution in [1.29, 1.82) is 0 Å². The molecule has 0 aliphatic heterocycles. The monoisotopic (exact) mass is 281 g/mol. The van der Waals surface area contributed by atoms with Gasteiger partial charge in [-0.25, -0.2) is 4.39 Å². The highest BCUT2D eigenvalue weighted by Gasteiger charge is 2.12. The van der Waals surface area contributed by atoms with Gasteiger partial charge in [0, 0.05) is 23.4 Å². The first kappa shape index (κ1) is 15.9. The Hall–Kier alpha value is -2.11. The maximum Gasteiger partial charge on any atom is 0.251 e. The van der Waals surface area contributed by atoms with E-state index in [2.05, 4.69) is 10.6 Å². The molecule has 0 heterocycles. The number of halogens is 1. The van der Waals surface area contributed by atoms with Gasteiger partial charge in [0.15, 0.2) is 0 Å². The van der Waals surface area contributed by atoms with E-state index in [1.54, 1.807) is 0 Å². The molecule has 0 aromatic heterocycles. The van der Waals surface area contributed by atoms with Crippen LogP contribution in [0.1, 0.15) is 29.8 Å².